The molecule has 72 valence electrons. The molecule has 0 saturated carbocycles. The Hall–Kier alpha value is -0.780. The lowest BCUT2D eigenvalue weighted by Gasteiger charge is -1.96. The van der Waals surface area contributed by atoms with Crippen molar-refractivity contribution in [2.75, 3.05) is 0 Å². The predicted octanol–water partition coefficient (Wildman–Crippen LogP) is 2.43. The molecule has 0 unspecified atom stereocenters. The second kappa shape index (κ2) is 4.16. The standard InChI is InChI=1S/C9H8BrN3S/c10-9-4-3-8(14-9)7-2-1-6(5-11)12-13-7/h1-4H,5,11H2. The Labute approximate surface area is 94.1 Å². The normalized spacial score (nSPS) is 10.4. The molecule has 2 aromatic rings. The molecule has 0 atom stereocenters. The minimum atomic E-state index is 0.432. The van der Waals surface area contributed by atoms with Crippen molar-refractivity contribution in [3.05, 3.63) is 33.7 Å². The summed E-state index contributed by atoms with van der Waals surface area (Å²) in [6.45, 7) is 0.432. The van der Waals surface area contributed by atoms with Crippen LogP contribution in [0.15, 0.2) is 28.1 Å². The van der Waals surface area contributed by atoms with E-state index >= 15 is 0 Å². The average molecular weight is 270 g/mol. The minimum Gasteiger partial charge on any atom is -0.325 e. The van der Waals surface area contributed by atoms with Crippen molar-refractivity contribution >= 4 is 27.3 Å². The second-order valence-corrected chi connectivity index (χ2v) is 5.18. The molecule has 0 aliphatic heterocycles. The molecule has 5 heteroatoms. The molecule has 2 heterocycles. The monoisotopic (exact) mass is 269 g/mol. The van der Waals surface area contributed by atoms with Crippen LogP contribution in [0.3, 0.4) is 0 Å². The second-order valence-electron chi connectivity index (χ2n) is 2.72. The lowest BCUT2D eigenvalue weighted by Crippen LogP contribution is -2.00. The molecule has 3 nitrogen and oxygen atoms in total. The third-order valence-corrected chi connectivity index (χ3v) is 3.40. The van der Waals surface area contributed by atoms with Crippen LogP contribution in [0.2, 0.25) is 0 Å². The summed E-state index contributed by atoms with van der Waals surface area (Å²) in [6, 6.07) is 7.85. The number of thiophene rings is 1. The molecule has 2 rings (SSSR count). The molecule has 0 saturated heterocycles. The maximum Gasteiger partial charge on any atom is 0.103 e. The molecular weight excluding hydrogens is 262 g/mol. The van der Waals surface area contributed by atoms with Gasteiger partial charge >= 0.3 is 0 Å². The highest BCUT2D eigenvalue weighted by Crippen LogP contribution is 2.29. The van der Waals surface area contributed by atoms with Crippen LogP contribution in [0.5, 0.6) is 0 Å². The van der Waals surface area contributed by atoms with Gasteiger partial charge in [0.05, 0.1) is 14.4 Å². The van der Waals surface area contributed by atoms with E-state index in [1.807, 2.05) is 24.3 Å². The summed E-state index contributed by atoms with van der Waals surface area (Å²) in [5.41, 5.74) is 7.13. The van der Waals surface area contributed by atoms with Gasteiger partial charge in [-0.2, -0.15) is 5.10 Å². The van der Waals surface area contributed by atoms with E-state index in [1.165, 1.54) is 0 Å². The predicted molar refractivity (Wildman–Crippen MR) is 60.9 cm³/mol. The minimum absolute atomic E-state index is 0.432. The molecule has 2 aromatic heterocycles. The SMILES string of the molecule is NCc1ccc(-c2ccc(Br)s2)nn1. The lowest BCUT2D eigenvalue weighted by molar-refractivity contribution is 0.903. The van der Waals surface area contributed by atoms with Gasteiger partial charge in [0.2, 0.25) is 0 Å². The van der Waals surface area contributed by atoms with Gasteiger partial charge in [0.15, 0.2) is 0 Å². The van der Waals surface area contributed by atoms with Crippen LogP contribution >= 0.6 is 27.3 Å². The topological polar surface area (TPSA) is 51.8 Å². The fourth-order valence-corrected chi connectivity index (χ4v) is 2.40. The zero-order chi connectivity index (χ0) is 9.97. The molecule has 0 aromatic carbocycles. The van der Waals surface area contributed by atoms with Gasteiger partial charge in [0.25, 0.3) is 0 Å². The van der Waals surface area contributed by atoms with Crippen molar-refractivity contribution in [3.8, 4) is 10.6 Å². The van der Waals surface area contributed by atoms with E-state index in [0.717, 1.165) is 20.1 Å². The van der Waals surface area contributed by atoms with E-state index in [2.05, 4.69) is 26.1 Å². The summed E-state index contributed by atoms with van der Waals surface area (Å²) >= 11 is 5.05. The van der Waals surface area contributed by atoms with Crippen LogP contribution in [0.25, 0.3) is 10.6 Å². The van der Waals surface area contributed by atoms with Gasteiger partial charge in [0, 0.05) is 6.54 Å². The first-order valence-corrected chi connectivity index (χ1v) is 5.69. The lowest BCUT2D eigenvalue weighted by atomic mass is 10.3. The number of aromatic nitrogens is 2. The quantitative estimate of drug-likeness (QED) is 0.911. The molecule has 0 fully saturated rings. The first-order valence-electron chi connectivity index (χ1n) is 4.08. The third kappa shape index (κ3) is 2.00. The molecule has 0 aliphatic rings. The van der Waals surface area contributed by atoms with Crippen molar-refractivity contribution in [1.29, 1.82) is 0 Å². The zero-order valence-electron chi connectivity index (χ0n) is 7.27. The first kappa shape index (κ1) is 9.76. The van der Waals surface area contributed by atoms with Gasteiger partial charge in [-0.3, -0.25) is 0 Å². The van der Waals surface area contributed by atoms with Crippen LogP contribution in [0, 0.1) is 0 Å². The van der Waals surface area contributed by atoms with Crippen molar-refractivity contribution in [2.45, 2.75) is 6.54 Å². The number of rotatable bonds is 2. The summed E-state index contributed by atoms with van der Waals surface area (Å²) in [5.74, 6) is 0. The van der Waals surface area contributed by atoms with Gasteiger partial charge in [-0.15, -0.1) is 16.4 Å². The Kier molecular flexibility index (Phi) is 2.90. The first-order chi connectivity index (χ1) is 6.79. The highest BCUT2D eigenvalue weighted by Gasteiger charge is 2.03. The smallest absolute Gasteiger partial charge is 0.103 e. The van der Waals surface area contributed by atoms with Crippen LogP contribution in [-0.2, 0) is 6.54 Å². The molecule has 2 N–H and O–H groups in total. The fraction of sp³-hybridized carbons (Fsp3) is 0.111. The fourth-order valence-electron chi connectivity index (χ4n) is 1.05. The zero-order valence-corrected chi connectivity index (χ0v) is 9.68. The number of hydrogen-bond acceptors (Lipinski definition) is 4. The Balaban J connectivity index is 2.33. The summed E-state index contributed by atoms with van der Waals surface area (Å²) in [6.07, 6.45) is 0. The maximum absolute atomic E-state index is 5.44. The maximum atomic E-state index is 5.44. The van der Waals surface area contributed by atoms with E-state index < -0.39 is 0 Å². The Bertz CT molecular complexity index is 424. The summed E-state index contributed by atoms with van der Waals surface area (Å²) in [4.78, 5) is 1.10. The van der Waals surface area contributed by atoms with Crippen LogP contribution in [0.4, 0.5) is 0 Å². The van der Waals surface area contributed by atoms with Gasteiger partial charge < -0.3 is 5.73 Å². The van der Waals surface area contributed by atoms with Gasteiger partial charge in [-0.25, -0.2) is 0 Å². The highest BCUT2D eigenvalue weighted by atomic mass is 79.9. The molecule has 0 radical (unpaired) electrons. The van der Waals surface area contributed by atoms with Crippen LogP contribution < -0.4 is 5.73 Å². The summed E-state index contributed by atoms with van der Waals surface area (Å²) in [7, 11) is 0. The number of nitrogens with two attached hydrogens (primary N) is 1. The Morgan fingerprint density at radius 2 is 2.07 bits per heavy atom. The van der Waals surface area contributed by atoms with Crippen LogP contribution in [0.1, 0.15) is 5.69 Å². The summed E-state index contributed by atoms with van der Waals surface area (Å²) < 4.78 is 1.09. The number of hydrogen-bond donors (Lipinski definition) is 1. The van der Waals surface area contributed by atoms with Crippen molar-refractivity contribution in [1.82, 2.24) is 10.2 Å². The Morgan fingerprint density at radius 3 is 2.57 bits per heavy atom. The molecular formula is C9H8BrN3S. The third-order valence-electron chi connectivity index (χ3n) is 1.75. The number of halogens is 1. The summed E-state index contributed by atoms with van der Waals surface area (Å²) in [5, 5.41) is 8.09. The molecule has 0 spiro atoms. The van der Waals surface area contributed by atoms with E-state index in [1.54, 1.807) is 11.3 Å². The van der Waals surface area contributed by atoms with Crippen molar-refractivity contribution in [3.63, 3.8) is 0 Å². The van der Waals surface area contributed by atoms with Gasteiger partial charge in [0.1, 0.15) is 5.69 Å². The molecule has 0 amide bonds. The van der Waals surface area contributed by atoms with Crippen molar-refractivity contribution in [2.24, 2.45) is 5.73 Å². The molecule has 14 heavy (non-hydrogen) atoms. The van der Waals surface area contributed by atoms with Crippen LogP contribution in [-0.4, -0.2) is 10.2 Å². The van der Waals surface area contributed by atoms with E-state index in [9.17, 15) is 0 Å². The van der Waals surface area contributed by atoms with E-state index in [0.29, 0.717) is 6.54 Å². The van der Waals surface area contributed by atoms with Crippen molar-refractivity contribution < 1.29 is 0 Å². The van der Waals surface area contributed by atoms with E-state index in [4.69, 9.17) is 5.73 Å². The largest absolute Gasteiger partial charge is 0.325 e. The Morgan fingerprint density at radius 1 is 1.21 bits per heavy atom. The molecule has 0 bridgehead atoms. The molecule has 0 aliphatic carbocycles. The highest BCUT2D eigenvalue weighted by molar-refractivity contribution is 9.11. The van der Waals surface area contributed by atoms with E-state index in [-0.39, 0.29) is 0 Å². The van der Waals surface area contributed by atoms with Gasteiger partial charge in [-0.05, 0) is 40.2 Å². The number of nitrogens with zero attached hydrogens (tertiary/aromatic N) is 2. The van der Waals surface area contributed by atoms with Gasteiger partial charge in [-0.1, -0.05) is 0 Å². The average Bonchev–Trinajstić information content (AvgIpc) is 2.65.